The first kappa shape index (κ1) is 17.4. The van der Waals surface area contributed by atoms with Gasteiger partial charge in [0.2, 0.25) is 0 Å². The number of hydrogen-bond acceptors (Lipinski definition) is 4. The number of carbonyl (C=O) groups is 3. The third kappa shape index (κ3) is 3.21. The molecule has 0 aromatic heterocycles. The van der Waals surface area contributed by atoms with Crippen LogP contribution in [0.4, 0.5) is 0 Å². The van der Waals surface area contributed by atoms with Crippen LogP contribution in [0.2, 0.25) is 0 Å². The minimum atomic E-state index is -1.37. The van der Waals surface area contributed by atoms with E-state index in [9.17, 15) is 14.4 Å². The molecule has 26 heavy (non-hydrogen) atoms. The highest BCUT2D eigenvalue weighted by Crippen LogP contribution is 2.24. The molecule has 1 N–H and O–H groups in total. The third-order valence-electron chi connectivity index (χ3n) is 3.99. The number of hydrogen-bond donors (Lipinski definition) is 1. The Hall–Kier alpha value is -3.41. The number of nitrogens with zero attached hydrogens (tertiary/aromatic N) is 1. The molecule has 0 atom stereocenters. The van der Waals surface area contributed by atoms with Crippen molar-refractivity contribution in [3.05, 3.63) is 71.4 Å². The van der Waals surface area contributed by atoms with Crippen LogP contribution in [-0.2, 0) is 4.79 Å². The molecule has 0 radical (unpaired) electrons. The van der Waals surface area contributed by atoms with Crippen LogP contribution >= 0.6 is 0 Å². The van der Waals surface area contributed by atoms with Gasteiger partial charge in [-0.25, -0.2) is 9.69 Å². The Morgan fingerprint density at radius 1 is 1.04 bits per heavy atom. The average molecular weight is 351 g/mol. The van der Waals surface area contributed by atoms with Crippen LogP contribution in [0.5, 0.6) is 5.75 Å². The van der Waals surface area contributed by atoms with Crippen molar-refractivity contribution in [2.45, 2.75) is 19.4 Å². The minimum absolute atomic E-state index is 0.374. The monoisotopic (exact) mass is 351 g/mol. The van der Waals surface area contributed by atoms with Gasteiger partial charge in [-0.15, -0.1) is 0 Å². The quantitative estimate of drug-likeness (QED) is 0.837. The standard InChI is InChI=1S/C20H17NO5/c1-20(2,19(24)25)26-14-7-5-6-13(12-14)10-11-21-17(22)15-8-3-4-9-16(15)18(21)23/h3-12H,1-2H3,(H,24,25)/b11-10+. The number of aliphatic carboxylic acids is 1. The van der Waals surface area contributed by atoms with Gasteiger partial charge in [0.05, 0.1) is 11.1 Å². The summed E-state index contributed by atoms with van der Waals surface area (Å²) >= 11 is 0. The van der Waals surface area contributed by atoms with Gasteiger partial charge in [0, 0.05) is 6.20 Å². The van der Waals surface area contributed by atoms with Crippen molar-refractivity contribution in [1.82, 2.24) is 4.90 Å². The molecule has 1 aliphatic rings. The lowest BCUT2D eigenvalue weighted by Gasteiger charge is -2.21. The van der Waals surface area contributed by atoms with Gasteiger partial charge in [0.15, 0.2) is 5.60 Å². The summed E-state index contributed by atoms with van der Waals surface area (Å²) < 4.78 is 5.49. The minimum Gasteiger partial charge on any atom is -0.478 e. The molecule has 2 aromatic rings. The Morgan fingerprint density at radius 2 is 1.65 bits per heavy atom. The lowest BCUT2D eigenvalue weighted by molar-refractivity contribution is -0.152. The topological polar surface area (TPSA) is 83.9 Å². The Labute approximate surface area is 150 Å². The van der Waals surface area contributed by atoms with E-state index >= 15 is 0 Å². The van der Waals surface area contributed by atoms with Crippen molar-refractivity contribution in [3.8, 4) is 5.75 Å². The predicted molar refractivity (Wildman–Crippen MR) is 94.8 cm³/mol. The number of amides is 2. The summed E-state index contributed by atoms with van der Waals surface area (Å²) in [4.78, 5) is 36.9. The number of carboxylic acids is 1. The van der Waals surface area contributed by atoms with Crippen molar-refractivity contribution in [1.29, 1.82) is 0 Å². The van der Waals surface area contributed by atoms with Gasteiger partial charge in [-0.1, -0.05) is 24.3 Å². The number of ether oxygens (including phenoxy) is 1. The maximum Gasteiger partial charge on any atom is 0.347 e. The van der Waals surface area contributed by atoms with Crippen molar-refractivity contribution in [2.75, 3.05) is 0 Å². The predicted octanol–water partition coefficient (Wildman–Crippen LogP) is 3.20. The highest BCUT2D eigenvalue weighted by atomic mass is 16.5. The molecular formula is C20H17NO5. The first-order valence-corrected chi connectivity index (χ1v) is 7.97. The largest absolute Gasteiger partial charge is 0.478 e. The number of carbonyl (C=O) groups excluding carboxylic acids is 2. The van der Waals surface area contributed by atoms with Gasteiger partial charge in [0.25, 0.3) is 11.8 Å². The second kappa shape index (κ2) is 6.48. The Bertz CT molecular complexity index is 894. The molecule has 0 unspecified atom stereocenters. The molecule has 0 bridgehead atoms. The molecule has 132 valence electrons. The van der Waals surface area contributed by atoms with Crippen LogP contribution in [-0.4, -0.2) is 33.4 Å². The molecule has 2 amide bonds. The summed E-state index contributed by atoms with van der Waals surface area (Å²) in [6, 6.07) is 13.4. The smallest absolute Gasteiger partial charge is 0.347 e. The summed E-state index contributed by atoms with van der Waals surface area (Å²) in [5, 5.41) is 9.14. The molecule has 1 aliphatic heterocycles. The summed E-state index contributed by atoms with van der Waals surface area (Å²) in [7, 11) is 0. The lowest BCUT2D eigenvalue weighted by Crippen LogP contribution is -2.37. The molecule has 0 saturated heterocycles. The van der Waals surface area contributed by atoms with Crippen LogP contribution in [0.25, 0.3) is 6.08 Å². The SMILES string of the molecule is CC(C)(Oc1cccc(/C=C/N2C(=O)c3ccccc3C2=O)c1)C(=O)O. The van der Waals surface area contributed by atoms with E-state index in [1.54, 1.807) is 54.6 Å². The van der Waals surface area contributed by atoms with Gasteiger partial charge in [0.1, 0.15) is 5.75 Å². The Balaban J connectivity index is 1.80. The van der Waals surface area contributed by atoms with Crippen molar-refractivity contribution < 1.29 is 24.2 Å². The third-order valence-corrected chi connectivity index (χ3v) is 3.99. The van der Waals surface area contributed by atoms with Crippen LogP contribution in [0.15, 0.2) is 54.7 Å². The fourth-order valence-corrected chi connectivity index (χ4v) is 2.52. The van der Waals surface area contributed by atoms with Crippen molar-refractivity contribution >= 4 is 23.9 Å². The summed E-state index contributed by atoms with van der Waals surface area (Å²) in [6.07, 6.45) is 3.01. The normalized spacial score (nSPS) is 14.0. The number of carboxylic acid groups (broad SMARTS) is 1. The van der Waals surface area contributed by atoms with Crippen LogP contribution < -0.4 is 4.74 Å². The second-order valence-corrected chi connectivity index (χ2v) is 6.33. The number of rotatable bonds is 5. The van der Waals surface area contributed by atoms with E-state index in [-0.39, 0.29) is 11.8 Å². The van der Waals surface area contributed by atoms with E-state index in [0.717, 1.165) is 4.90 Å². The van der Waals surface area contributed by atoms with Crippen molar-refractivity contribution in [2.24, 2.45) is 0 Å². The van der Waals surface area contributed by atoms with Crippen LogP contribution in [0.3, 0.4) is 0 Å². The highest BCUT2D eigenvalue weighted by Gasteiger charge is 2.33. The maximum absolute atomic E-state index is 12.3. The van der Waals surface area contributed by atoms with Gasteiger partial charge in [-0.3, -0.25) is 9.59 Å². The fraction of sp³-hybridized carbons (Fsp3) is 0.150. The molecule has 0 saturated carbocycles. The van der Waals surface area contributed by atoms with Gasteiger partial charge >= 0.3 is 5.97 Å². The zero-order valence-electron chi connectivity index (χ0n) is 14.3. The van der Waals surface area contributed by atoms with Crippen LogP contribution in [0.1, 0.15) is 40.1 Å². The van der Waals surface area contributed by atoms with E-state index < -0.39 is 11.6 Å². The van der Waals surface area contributed by atoms with Gasteiger partial charge in [-0.2, -0.15) is 0 Å². The second-order valence-electron chi connectivity index (χ2n) is 6.33. The Kier molecular flexibility index (Phi) is 4.34. The van der Waals surface area contributed by atoms with E-state index in [2.05, 4.69) is 0 Å². The van der Waals surface area contributed by atoms with E-state index in [0.29, 0.717) is 22.4 Å². The van der Waals surface area contributed by atoms with Gasteiger partial charge in [-0.05, 0) is 49.8 Å². The molecule has 0 aliphatic carbocycles. The highest BCUT2D eigenvalue weighted by molar-refractivity contribution is 6.22. The first-order valence-electron chi connectivity index (χ1n) is 7.97. The molecule has 0 spiro atoms. The van der Waals surface area contributed by atoms with Crippen molar-refractivity contribution in [3.63, 3.8) is 0 Å². The molecule has 6 heteroatoms. The summed E-state index contributed by atoms with van der Waals surface area (Å²) in [6.45, 7) is 2.91. The van der Waals surface area contributed by atoms with E-state index in [1.807, 2.05) is 0 Å². The van der Waals surface area contributed by atoms with E-state index in [1.165, 1.54) is 20.0 Å². The summed E-state index contributed by atoms with van der Waals surface area (Å²) in [5.74, 6) is -1.45. The molecule has 3 rings (SSSR count). The van der Waals surface area contributed by atoms with Gasteiger partial charge < -0.3 is 9.84 Å². The molecule has 2 aromatic carbocycles. The average Bonchev–Trinajstić information content (AvgIpc) is 2.84. The molecule has 1 heterocycles. The number of fused-ring (bicyclic) bond motifs is 1. The zero-order valence-corrected chi connectivity index (χ0v) is 14.3. The van der Waals surface area contributed by atoms with E-state index in [4.69, 9.17) is 9.84 Å². The maximum atomic E-state index is 12.3. The lowest BCUT2D eigenvalue weighted by atomic mass is 10.1. The number of benzene rings is 2. The molecule has 0 fully saturated rings. The molecule has 6 nitrogen and oxygen atoms in total. The zero-order chi connectivity index (χ0) is 18.9. The van der Waals surface area contributed by atoms with Crippen LogP contribution in [0, 0.1) is 0 Å². The summed E-state index contributed by atoms with van der Waals surface area (Å²) in [5.41, 5.74) is 0.0512. The fourth-order valence-electron chi connectivity index (χ4n) is 2.52. The number of imide groups is 1. The molecular weight excluding hydrogens is 334 g/mol. The Morgan fingerprint density at radius 3 is 2.23 bits per heavy atom. The first-order chi connectivity index (χ1) is 12.3.